The van der Waals surface area contributed by atoms with Crippen molar-refractivity contribution in [2.24, 2.45) is 56.7 Å². The number of benzene rings is 1. The number of hydrogen-bond donors (Lipinski definition) is 1. The van der Waals surface area contributed by atoms with Crippen LogP contribution in [0, 0.1) is 56.7 Å². The summed E-state index contributed by atoms with van der Waals surface area (Å²) in [5, 5.41) is 11.1. The van der Waals surface area contributed by atoms with Crippen LogP contribution in [0.5, 0.6) is 0 Å². The van der Waals surface area contributed by atoms with Crippen molar-refractivity contribution >= 4 is 23.6 Å². The third-order valence-corrected chi connectivity index (χ3v) is 17.3. The fourth-order valence-electron chi connectivity index (χ4n) is 13.5. The van der Waals surface area contributed by atoms with E-state index in [4.69, 9.17) is 4.74 Å². The predicted octanol–water partition coefficient (Wildman–Crippen LogP) is 9.05. The van der Waals surface area contributed by atoms with E-state index >= 15 is 0 Å². The summed E-state index contributed by atoms with van der Waals surface area (Å²) in [7, 11) is 0. The van der Waals surface area contributed by atoms with Gasteiger partial charge in [-0.25, -0.2) is 4.79 Å². The van der Waals surface area contributed by atoms with Crippen LogP contribution >= 0.6 is 11.8 Å². The molecule has 5 nitrogen and oxygen atoms in total. The van der Waals surface area contributed by atoms with Crippen LogP contribution in [0.2, 0.25) is 0 Å². The Balaban J connectivity index is 1.13. The number of hydrogen-bond acceptors (Lipinski definition) is 5. The smallest absolute Gasteiger partial charge is 0.338 e. The Morgan fingerprint density at radius 1 is 0.896 bits per heavy atom. The van der Waals surface area contributed by atoms with Crippen LogP contribution in [-0.2, 0) is 4.74 Å². The Kier molecular flexibility index (Phi) is 8.79. The number of aliphatic hydroxyl groups excluding tert-OH is 1. The van der Waals surface area contributed by atoms with E-state index in [2.05, 4.69) is 48.1 Å². The second-order valence-corrected chi connectivity index (χ2v) is 19.7. The molecule has 0 aromatic heterocycles. The minimum absolute atomic E-state index is 0.00947. The van der Waals surface area contributed by atoms with Crippen molar-refractivity contribution in [2.75, 3.05) is 31.2 Å². The number of aliphatic hydroxyl groups is 1. The number of ether oxygens (including phenoxy) is 1. The summed E-state index contributed by atoms with van der Waals surface area (Å²) in [5.41, 5.74) is 3.04. The number of amides is 1. The first kappa shape index (κ1) is 34.6. The fourth-order valence-corrected chi connectivity index (χ4v) is 14.4. The number of fused-ring (bicyclic) bond motifs is 7. The molecular formula is C42H61NO4S. The van der Waals surface area contributed by atoms with Crippen molar-refractivity contribution in [3.8, 4) is 0 Å². The molecule has 0 unspecified atom stereocenters. The lowest BCUT2D eigenvalue weighted by Crippen LogP contribution is -2.66. The van der Waals surface area contributed by atoms with Gasteiger partial charge in [-0.05, 0) is 141 Å². The topological polar surface area (TPSA) is 66.8 Å². The Labute approximate surface area is 294 Å². The van der Waals surface area contributed by atoms with Crippen molar-refractivity contribution in [3.63, 3.8) is 0 Å². The van der Waals surface area contributed by atoms with Crippen molar-refractivity contribution in [1.82, 2.24) is 4.90 Å². The first-order valence-corrected chi connectivity index (χ1v) is 20.3. The maximum Gasteiger partial charge on any atom is 0.338 e. The minimum Gasteiger partial charge on any atom is -0.461 e. The fraction of sp³-hybridized carbons (Fsp3) is 0.762. The molecule has 6 aliphatic rings. The summed E-state index contributed by atoms with van der Waals surface area (Å²) >= 11 is 1.88. The predicted molar refractivity (Wildman–Crippen MR) is 195 cm³/mol. The molecule has 10 atom stereocenters. The van der Waals surface area contributed by atoms with Crippen LogP contribution in [0.3, 0.4) is 0 Å². The van der Waals surface area contributed by atoms with E-state index in [1.54, 1.807) is 12.1 Å². The molecular weight excluding hydrogens is 615 g/mol. The Morgan fingerprint density at radius 2 is 1.62 bits per heavy atom. The number of nitrogens with zero attached hydrogens (tertiary/aromatic N) is 1. The van der Waals surface area contributed by atoms with Crippen LogP contribution in [-0.4, -0.2) is 59.2 Å². The van der Waals surface area contributed by atoms with Gasteiger partial charge in [-0.2, -0.15) is 11.8 Å². The highest BCUT2D eigenvalue weighted by molar-refractivity contribution is 7.99. The molecule has 1 aromatic rings. The van der Waals surface area contributed by atoms with Crippen LogP contribution in [0.25, 0.3) is 0 Å². The van der Waals surface area contributed by atoms with Gasteiger partial charge in [0.2, 0.25) is 0 Å². The molecule has 1 saturated heterocycles. The molecule has 6 fully saturated rings. The van der Waals surface area contributed by atoms with Gasteiger partial charge in [-0.3, -0.25) is 4.79 Å². The second kappa shape index (κ2) is 12.2. The first-order valence-electron chi connectivity index (χ1n) is 19.2. The minimum atomic E-state index is -0.303. The summed E-state index contributed by atoms with van der Waals surface area (Å²) in [4.78, 5) is 28.8. The highest BCUT2D eigenvalue weighted by atomic mass is 32.2. The molecule has 1 amide bonds. The van der Waals surface area contributed by atoms with Crippen LogP contribution in [0.1, 0.15) is 126 Å². The molecule has 5 saturated carbocycles. The van der Waals surface area contributed by atoms with Gasteiger partial charge in [0.15, 0.2) is 0 Å². The van der Waals surface area contributed by atoms with Crippen LogP contribution < -0.4 is 0 Å². The number of thioether (sulfide) groups is 1. The van der Waals surface area contributed by atoms with Gasteiger partial charge in [-0.15, -0.1) is 0 Å². The zero-order valence-corrected chi connectivity index (χ0v) is 31.4. The van der Waals surface area contributed by atoms with E-state index in [0.717, 1.165) is 56.7 Å². The molecule has 0 radical (unpaired) electrons. The molecule has 0 bridgehead atoms. The van der Waals surface area contributed by atoms with Gasteiger partial charge in [0.1, 0.15) is 0 Å². The number of rotatable bonds is 5. The lowest BCUT2D eigenvalue weighted by Gasteiger charge is -2.73. The molecule has 1 aliphatic heterocycles. The van der Waals surface area contributed by atoms with Crippen molar-refractivity contribution in [1.29, 1.82) is 0 Å². The van der Waals surface area contributed by atoms with Crippen molar-refractivity contribution in [2.45, 2.75) is 112 Å². The SMILES string of the molecule is C=C(C)[C@@H]1CC[C@]2(COC(=O)c3cccc(C(=O)N4CCSCC4)c3)CC[C@]3(C)[C@H](CC[C@@H]4[C@@]5(C)CC[C@H](O)C(C)(C)[C@@H]5CC[C@]43C)[C@@H]12. The van der Waals surface area contributed by atoms with Crippen molar-refractivity contribution < 1.29 is 19.4 Å². The number of carbonyl (C=O) groups excluding carboxylic acids is 2. The van der Waals surface area contributed by atoms with Crippen LogP contribution in [0.4, 0.5) is 0 Å². The molecule has 264 valence electrons. The van der Waals surface area contributed by atoms with Crippen molar-refractivity contribution in [3.05, 3.63) is 47.5 Å². The number of esters is 1. The van der Waals surface area contributed by atoms with Gasteiger partial charge in [-0.1, -0.05) is 52.8 Å². The van der Waals surface area contributed by atoms with E-state index in [1.807, 2.05) is 28.8 Å². The monoisotopic (exact) mass is 675 g/mol. The molecule has 6 heteroatoms. The number of carbonyl (C=O) groups is 2. The maximum absolute atomic E-state index is 13.7. The summed E-state index contributed by atoms with van der Waals surface area (Å²) in [6.45, 7) is 21.3. The third kappa shape index (κ3) is 5.10. The zero-order chi connectivity index (χ0) is 34.3. The molecule has 1 heterocycles. The van der Waals surface area contributed by atoms with Gasteiger partial charge in [0, 0.05) is 35.6 Å². The second-order valence-electron chi connectivity index (χ2n) is 18.5. The molecule has 1 N–H and O–H groups in total. The summed E-state index contributed by atoms with van der Waals surface area (Å²) in [6.07, 6.45) is 11.3. The van der Waals surface area contributed by atoms with Gasteiger partial charge < -0.3 is 14.7 Å². The van der Waals surface area contributed by atoms with Gasteiger partial charge in [0.25, 0.3) is 5.91 Å². The normalized spacial score (nSPS) is 43.3. The first-order chi connectivity index (χ1) is 22.7. The van der Waals surface area contributed by atoms with E-state index in [9.17, 15) is 14.7 Å². The van der Waals surface area contributed by atoms with E-state index < -0.39 is 0 Å². The largest absolute Gasteiger partial charge is 0.461 e. The average molecular weight is 676 g/mol. The Morgan fingerprint density at radius 3 is 2.35 bits per heavy atom. The highest BCUT2D eigenvalue weighted by Crippen LogP contribution is 2.77. The van der Waals surface area contributed by atoms with Gasteiger partial charge >= 0.3 is 5.97 Å². The molecule has 0 spiro atoms. The van der Waals surface area contributed by atoms with E-state index in [0.29, 0.717) is 47.3 Å². The molecule has 5 aliphatic carbocycles. The molecule has 48 heavy (non-hydrogen) atoms. The number of allylic oxidation sites excluding steroid dienone is 1. The molecule has 7 rings (SSSR count). The van der Waals surface area contributed by atoms with Gasteiger partial charge in [0.05, 0.1) is 18.3 Å². The summed E-state index contributed by atoms with van der Waals surface area (Å²) in [5.74, 6) is 4.39. The molecule has 1 aromatic carbocycles. The summed E-state index contributed by atoms with van der Waals surface area (Å²) in [6, 6.07) is 7.20. The zero-order valence-electron chi connectivity index (χ0n) is 30.6. The van der Waals surface area contributed by atoms with Crippen LogP contribution in [0.15, 0.2) is 36.4 Å². The van der Waals surface area contributed by atoms with E-state index in [1.165, 1.54) is 37.7 Å². The Hall–Kier alpha value is -1.79. The summed E-state index contributed by atoms with van der Waals surface area (Å²) < 4.78 is 6.32. The third-order valence-electron chi connectivity index (χ3n) is 16.4. The standard InChI is InChI=1S/C42H61NO4S/c1-27(2)30-13-18-42(26-47-37(46)29-10-8-9-28(25-29)36(45)43-21-23-48-24-22-43)20-19-40(6)31(35(30)42)11-12-33-39(5)16-15-34(44)38(3,4)32(39)14-17-41(33,40)7/h8-10,25,30-35,44H,1,11-24,26H2,2-7H3/t30-,31+,32-,33+,34-,35+,39-,40+,41+,42+/m0/s1. The highest BCUT2D eigenvalue weighted by Gasteiger charge is 2.71. The average Bonchev–Trinajstić information content (AvgIpc) is 3.46. The maximum atomic E-state index is 13.7. The Bertz CT molecular complexity index is 1450. The quantitative estimate of drug-likeness (QED) is 0.249. The van der Waals surface area contributed by atoms with E-state index in [-0.39, 0.29) is 45.1 Å². The lowest BCUT2D eigenvalue weighted by atomic mass is 9.32. The lowest BCUT2D eigenvalue weighted by molar-refractivity contribution is -0.249.